The summed E-state index contributed by atoms with van der Waals surface area (Å²) in [5, 5.41) is 0. The molecule has 17 heavy (non-hydrogen) atoms. The van der Waals surface area contributed by atoms with Crippen LogP contribution in [-0.4, -0.2) is 26.0 Å². The first-order valence-electron chi connectivity index (χ1n) is 6.81. The van der Waals surface area contributed by atoms with Crippen molar-refractivity contribution in [3.63, 3.8) is 0 Å². The van der Waals surface area contributed by atoms with Crippen LogP contribution in [0.25, 0.3) is 0 Å². The van der Waals surface area contributed by atoms with E-state index in [9.17, 15) is 8.42 Å². The van der Waals surface area contributed by atoms with Gasteiger partial charge in [-0.2, -0.15) is 0 Å². The fourth-order valence-electron chi connectivity index (χ4n) is 2.84. The molecule has 0 aromatic carbocycles. The molecule has 3 nitrogen and oxygen atoms in total. The molecule has 2 atom stereocenters. The number of hydrogen-bond donors (Lipinski definition) is 1. The Morgan fingerprint density at radius 3 is 2.59 bits per heavy atom. The fraction of sp³-hybridized carbons (Fsp3) is 1.00. The zero-order valence-corrected chi connectivity index (χ0v) is 12.1. The Kier molecular flexibility index (Phi) is 5.45. The molecule has 0 aliphatic heterocycles. The summed E-state index contributed by atoms with van der Waals surface area (Å²) in [7, 11) is -2.88. The molecule has 102 valence electrons. The lowest BCUT2D eigenvalue weighted by Crippen LogP contribution is -2.40. The molecule has 1 aliphatic carbocycles. The fourth-order valence-corrected chi connectivity index (χ4v) is 3.62. The molecule has 0 radical (unpaired) electrons. The van der Waals surface area contributed by atoms with Gasteiger partial charge in [0.25, 0.3) is 0 Å². The summed E-state index contributed by atoms with van der Waals surface area (Å²) in [6.45, 7) is 2.23. The summed E-state index contributed by atoms with van der Waals surface area (Å²) in [5.74, 6) is 1.05. The monoisotopic (exact) mass is 261 g/mol. The van der Waals surface area contributed by atoms with Gasteiger partial charge in [-0.3, -0.25) is 0 Å². The summed E-state index contributed by atoms with van der Waals surface area (Å²) >= 11 is 0. The minimum atomic E-state index is -2.88. The minimum Gasteiger partial charge on any atom is -0.325 e. The third-order valence-corrected chi connectivity index (χ3v) is 4.95. The Bertz CT molecular complexity index is 326. The summed E-state index contributed by atoms with van der Waals surface area (Å²) in [6.07, 6.45) is 10.0. The molecule has 1 rings (SSSR count). The molecular weight excluding hydrogens is 234 g/mol. The van der Waals surface area contributed by atoms with Crippen molar-refractivity contribution in [2.75, 3.05) is 12.0 Å². The first-order chi connectivity index (χ1) is 7.85. The molecule has 1 aliphatic rings. The lowest BCUT2D eigenvalue weighted by molar-refractivity contribution is 0.347. The molecule has 1 saturated carbocycles. The van der Waals surface area contributed by atoms with E-state index in [1.165, 1.54) is 31.9 Å². The average Bonchev–Trinajstić information content (AvgIpc) is 2.39. The first kappa shape index (κ1) is 15.0. The molecule has 2 unspecified atom stereocenters. The van der Waals surface area contributed by atoms with Crippen LogP contribution in [0, 0.1) is 5.92 Å². The van der Waals surface area contributed by atoms with Gasteiger partial charge in [-0.15, -0.1) is 0 Å². The van der Waals surface area contributed by atoms with Crippen LogP contribution in [-0.2, 0) is 9.84 Å². The molecule has 2 N–H and O–H groups in total. The zero-order chi connectivity index (χ0) is 12.9. The molecule has 0 heterocycles. The van der Waals surface area contributed by atoms with E-state index in [4.69, 9.17) is 5.73 Å². The van der Waals surface area contributed by atoms with Crippen molar-refractivity contribution in [2.24, 2.45) is 11.7 Å². The molecule has 4 heteroatoms. The van der Waals surface area contributed by atoms with E-state index in [0.29, 0.717) is 6.42 Å². The zero-order valence-electron chi connectivity index (χ0n) is 11.2. The number of hydrogen-bond acceptors (Lipinski definition) is 3. The molecule has 0 saturated heterocycles. The van der Waals surface area contributed by atoms with Gasteiger partial charge >= 0.3 is 0 Å². The van der Waals surface area contributed by atoms with Crippen LogP contribution in [0.4, 0.5) is 0 Å². The van der Waals surface area contributed by atoms with Gasteiger partial charge in [0.2, 0.25) is 0 Å². The van der Waals surface area contributed by atoms with Gasteiger partial charge in [0.05, 0.1) is 5.75 Å². The maximum Gasteiger partial charge on any atom is 0.147 e. The van der Waals surface area contributed by atoms with E-state index in [0.717, 1.165) is 25.2 Å². The standard InChI is InChI=1S/C13H27NO2S/c1-3-5-12-6-4-8-13(14,9-7-12)10-11-17(2,15)16/h12H,3-11,14H2,1-2H3. The largest absolute Gasteiger partial charge is 0.325 e. The van der Waals surface area contributed by atoms with E-state index < -0.39 is 9.84 Å². The van der Waals surface area contributed by atoms with E-state index in [1.54, 1.807) is 0 Å². The summed E-state index contributed by atoms with van der Waals surface area (Å²) < 4.78 is 22.4. The highest BCUT2D eigenvalue weighted by atomic mass is 32.2. The quantitative estimate of drug-likeness (QED) is 0.774. The van der Waals surface area contributed by atoms with Crippen molar-refractivity contribution < 1.29 is 8.42 Å². The van der Waals surface area contributed by atoms with Crippen molar-refractivity contribution in [1.29, 1.82) is 0 Å². The third-order valence-electron chi connectivity index (χ3n) is 4.01. The Labute approximate surface area is 106 Å². The molecular formula is C13H27NO2S. The highest BCUT2D eigenvalue weighted by molar-refractivity contribution is 7.90. The van der Waals surface area contributed by atoms with Gasteiger partial charge in [0.1, 0.15) is 9.84 Å². The van der Waals surface area contributed by atoms with Crippen molar-refractivity contribution in [3.8, 4) is 0 Å². The van der Waals surface area contributed by atoms with Gasteiger partial charge in [-0.25, -0.2) is 8.42 Å². The Morgan fingerprint density at radius 1 is 1.29 bits per heavy atom. The predicted octanol–water partition coefficient (Wildman–Crippen LogP) is 2.50. The predicted molar refractivity (Wildman–Crippen MR) is 72.7 cm³/mol. The lowest BCUT2D eigenvalue weighted by atomic mass is 9.88. The van der Waals surface area contributed by atoms with E-state index in [2.05, 4.69) is 6.92 Å². The lowest BCUT2D eigenvalue weighted by Gasteiger charge is -2.27. The van der Waals surface area contributed by atoms with Crippen LogP contribution in [0.3, 0.4) is 0 Å². The molecule has 0 aromatic rings. The smallest absolute Gasteiger partial charge is 0.147 e. The van der Waals surface area contributed by atoms with Crippen LogP contribution in [0.15, 0.2) is 0 Å². The number of nitrogens with two attached hydrogens (primary N) is 1. The van der Waals surface area contributed by atoms with Gasteiger partial charge in [-0.1, -0.05) is 32.6 Å². The molecule has 0 aromatic heterocycles. The van der Waals surface area contributed by atoms with Crippen LogP contribution >= 0.6 is 0 Å². The summed E-state index contributed by atoms with van der Waals surface area (Å²) in [5.41, 5.74) is 6.13. The molecule has 0 bridgehead atoms. The maximum absolute atomic E-state index is 11.2. The number of sulfone groups is 1. The third kappa shape index (κ3) is 5.87. The SMILES string of the molecule is CCCC1CCCC(N)(CCS(C)(=O)=O)CC1. The van der Waals surface area contributed by atoms with Crippen molar-refractivity contribution in [1.82, 2.24) is 0 Å². The second-order valence-electron chi connectivity index (χ2n) is 5.83. The van der Waals surface area contributed by atoms with Crippen molar-refractivity contribution in [2.45, 2.75) is 63.8 Å². The van der Waals surface area contributed by atoms with Crippen LogP contribution in [0.1, 0.15) is 58.3 Å². The van der Waals surface area contributed by atoms with E-state index in [-0.39, 0.29) is 11.3 Å². The van der Waals surface area contributed by atoms with Crippen LogP contribution in [0.5, 0.6) is 0 Å². The molecule has 0 amide bonds. The van der Waals surface area contributed by atoms with Gasteiger partial charge in [0, 0.05) is 11.8 Å². The Morgan fingerprint density at radius 2 is 2.00 bits per heavy atom. The Hall–Kier alpha value is -0.0900. The van der Waals surface area contributed by atoms with E-state index >= 15 is 0 Å². The Balaban J connectivity index is 2.48. The summed E-state index contributed by atoms with van der Waals surface area (Å²) in [6, 6.07) is 0. The highest BCUT2D eigenvalue weighted by Crippen LogP contribution is 2.33. The number of rotatable bonds is 5. The first-order valence-corrected chi connectivity index (χ1v) is 8.87. The van der Waals surface area contributed by atoms with Gasteiger partial charge in [0.15, 0.2) is 0 Å². The summed E-state index contributed by atoms with van der Waals surface area (Å²) in [4.78, 5) is 0. The topological polar surface area (TPSA) is 60.2 Å². The normalized spacial score (nSPS) is 31.1. The van der Waals surface area contributed by atoms with Crippen LogP contribution in [0.2, 0.25) is 0 Å². The average molecular weight is 261 g/mol. The second-order valence-corrected chi connectivity index (χ2v) is 8.09. The minimum absolute atomic E-state index is 0.231. The van der Waals surface area contributed by atoms with Gasteiger partial charge in [-0.05, 0) is 31.6 Å². The van der Waals surface area contributed by atoms with E-state index in [1.807, 2.05) is 0 Å². The second kappa shape index (κ2) is 6.19. The van der Waals surface area contributed by atoms with Crippen LogP contribution < -0.4 is 5.73 Å². The highest BCUT2D eigenvalue weighted by Gasteiger charge is 2.29. The van der Waals surface area contributed by atoms with Crippen molar-refractivity contribution in [3.05, 3.63) is 0 Å². The van der Waals surface area contributed by atoms with Crippen molar-refractivity contribution >= 4 is 9.84 Å². The molecule has 1 fully saturated rings. The van der Waals surface area contributed by atoms with Gasteiger partial charge < -0.3 is 5.73 Å². The molecule has 0 spiro atoms. The maximum atomic E-state index is 11.2.